The molecule has 3 aliphatic rings. The van der Waals surface area contributed by atoms with E-state index in [9.17, 15) is 4.79 Å². The highest BCUT2D eigenvalue weighted by Crippen LogP contribution is 2.86. The molecule has 1 amide bonds. The van der Waals surface area contributed by atoms with Crippen LogP contribution in [0.2, 0.25) is 0 Å². The minimum Gasteiger partial charge on any atom is -0.497 e. The standard InChI is InChI=1S/C13H13NO2/c1-16-6-2-3-7-8(4-6)9-5-13(12(14)15)10(7)11(9)13/h2-4,9-11H,5H2,1H3,(H2,14,15)/t9-,10-,11+,13-/m0/s1. The number of benzene rings is 1. The maximum absolute atomic E-state index is 11.5. The van der Waals surface area contributed by atoms with Crippen molar-refractivity contribution in [1.29, 1.82) is 0 Å². The van der Waals surface area contributed by atoms with Crippen LogP contribution >= 0.6 is 0 Å². The summed E-state index contributed by atoms with van der Waals surface area (Å²) in [5.41, 5.74) is 8.07. The van der Waals surface area contributed by atoms with E-state index < -0.39 is 0 Å². The number of primary amides is 1. The number of carbonyl (C=O) groups excluding carboxylic acids is 1. The van der Waals surface area contributed by atoms with E-state index in [0.29, 0.717) is 17.8 Å². The molecule has 3 aliphatic carbocycles. The molecule has 0 bridgehead atoms. The number of nitrogens with two attached hydrogens (primary N) is 1. The van der Waals surface area contributed by atoms with Crippen molar-refractivity contribution < 1.29 is 9.53 Å². The smallest absolute Gasteiger partial charge is 0.224 e. The Balaban J connectivity index is 1.82. The van der Waals surface area contributed by atoms with Gasteiger partial charge in [0.1, 0.15) is 5.75 Å². The van der Waals surface area contributed by atoms with Crippen LogP contribution in [0.25, 0.3) is 0 Å². The third kappa shape index (κ3) is 0.647. The van der Waals surface area contributed by atoms with Gasteiger partial charge in [-0.3, -0.25) is 4.79 Å². The molecule has 4 rings (SSSR count). The summed E-state index contributed by atoms with van der Waals surface area (Å²) in [4.78, 5) is 11.5. The lowest BCUT2D eigenvalue weighted by Crippen LogP contribution is -2.38. The summed E-state index contributed by atoms with van der Waals surface area (Å²) < 4.78 is 5.24. The highest BCUT2D eigenvalue weighted by Gasteiger charge is 2.82. The normalized spacial score (nSPS) is 40.7. The number of methoxy groups -OCH3 is 1. The lowest BCUT2D eigenvalue weighted by molar-refractivity contribution is -0.126. The van der Waals surface area contributed by atoms with Crippen molar-refractivity contribution in [2.45, 2.75) is 18.3 Å². The van der Waals surface area contributed by atoms with Crippen molar-refractivity contribution in [2.75, 3.05) is 7.11 Å². The van der Waals surface area contributed by atoms with Crippen molar-refractivity contribution in [1.82, 2.24) is 0 Å². The lowest BCUT2D eigenvalue weighted by Gasteiger charge is -2.35. The molecule has 1 aromatic carbocycles. The van der Waals surface area contributed by atoms with Gasteiger partial charge in [-0.25, -0.2) is 0 Å². The van der Waals surface area contributed by atoms with Gasteiger partial charge in [-0.2, -0.15) is 0 Å². The van der Waals surface area contributed by atoms with Gasteiger partial charge in [0.05, 0.1) is 12.5 Å². The minimum absolute atomic E-state index is 0.0970. The molecule has 0 saturated heterocycles. The van der Waals surface area contributed by atoms with Gasteiger partial charge in [-0.15, -0.1) is 0 Å². The monoisotopic (exact) mass is 215 g/mol. The number of hydrogen-bond donors (Lipinski definition) is 1. The Morgan fingerprint density at radius 1 is 1.50 bits per heavy atom. The average Bonchev–Trinajstić information content (AvgIpc) is 2.68. The summed E-state index contributed by atoms with van der Waals surface area (Å²) in [5, 5.41) is 0. The number of fused-ring (bicyclic) bond motifs is 4. The van der Waals surface area contributed by atoms with E-state index in [2.05, 4.69) is 12.1 Å². The molecule has 3 nitrogen and oxygen atoms in total. The summed E-state index contributed by atoms with van der Waals surface area (Å²) >= 11 is 0. The van der Waals surface area contributed by atoms with Gasteiger partial charge in [0.2, 0.25) is 5.91 Å². The van der Waals surface area contributed by atoms with E-state index in [1.54, 1.807) is 7.11 Å². The Bertz CT molecular complexity index is 525. The molecular formula is C13H13NO2. The Kier molecular flexibility index (Phi) is 1.22. The van der Waals surface area contributed by atoms with E-state index in [-0.39, 0.29) is 11.3 Å². The van der Waals surface area contributed by atoms with Gasteiger partial charge < -0.3 is 10.5 Å². The molecule has 0 aliphatic heterocycles. The van der Waals surface area contributed by atoms with E-state index >= 15 is 0 Å². The van der Waals surface area contributed by atoms with Crippen molar-refractivity contribution >= 4 is 5.91 Å². The molecule has 1 aromatic rings. The van der Waals surface area contributed by atoms with Crippen LogP contribution in [0.1, 0.15) is 29.4 Å². The van der Waals surface area contributed by atoms with E-state index in [1.807, 2.05) is 6.07 Å². The first-order chi connectivity index (χ1) is 7.70. The van der Waals surface area contributed by atoms with E-state index in [4.69, 9.17) is 10.5 Å². The Morgan fingerprint density at radius 3 is 3.00 bits per heavy atom. The maximum Gasteiger partial charge on any atom is 0.224 e. The molecular weight excluding hydrogens is 202 g/mol. The zero-order valence-corrected chi connectivity index (χ0v) is 9.07. The third-order valence-electron chi connectivity index (χ3n) is 4.88. The Morgan fingerprint density at radius 2 is 2.31 bits per heavy atom. The minimum atomic E-state index is -0.160. The molecule has 2 saturated carbocycles. The second-order valence-corrected chi connectivity index (χ2v) is 5.21. The van der Waals surface area contributed by atoms with Crippen LogP contribution in [-0.4, -0.2) is 13.0 Å². The molecule has 4 atom stereocenters. The van der Waals surface area contributed by atoms with Crippen LogP contribution in [0.3, 0.4) is 0 Å². The number of amides is 1. The summed E-state index contributed by atoms with van der Waals surface area (Å²) in [6, 6.07) is 6.21. The molecule has 0 aromatic heterocycles. The van der Waals surface area contributed by atoms with Gasteiger partial charge in [-0.05, 0) is 41.5 Å². The van der Waals surface area contributed by atoms with Gasteiger partial charge >= 0.3 is 0 Å². The van der Waals surface area contributed by atoms with Crippen LogP contribution in [0, 0.1) is 11.3 Å². The fourth-order valence-electron chi connectivity index (χ4n) is 4.13. The average molecular weight is 215 g/mol. The molecule has 16 heavy (non-hydrogen) atoms. The molecule has 0 spiro atoms. The van der Waals surface area contributed by atoms with Crippen molar-refractivity contribution in [3.05, 3.63) is 29.3 Å². The molecule has 82 valence electrons. The molecule has 2 fully saturated rings. The van der Waals surface area contributed by atoms with Crippen LogP contribution in [0.4, 0.5) is 0 Å². The second kappa shape index (κ2) is 2.26. The third-order valence-corrected chi connectivity index (χ3v) is 4.88. The zero-order valence-electron chi connectivity index (χ0n) is 9.07. The summed E-state index contributed by atoms with van der Waals surface area (Å²) in [7, 11) is 1.69. The largest absolute Gasteiger partial charge is 0.497 e. The van der Waals surface area contributed by atoms with Crippen LogP contribution in [-0.2, 0) is 4.79 Å². The van der Waals surface area contributed by atoms with Crippen LogP contribution < -0.4 is 10.5 Å². The fourth-order valence-corrected chi connectivity index (χ4v) is 4.13. The SMILES string of the molecule is COc1ccc2c(c1)[C@@H]1C[C@@]3(C(N)=O)[C@H]1[C@H]23. The van der Waals surface area contributed by atoms with Gasteiger partial charge in [0.25, 0.3) is 0 Å². The maximum atomic E-state index is 11.5. The second-order valence-electron chi connectivity index (χ2n) is 5.21. The first-order valence-corrected chi connectivity index (χ1v) is 5.68. The molecule has 0 unspecified atom stereocenters. The predicted octanol–water partition coefficient (Wildman–Crippen LogP) is 1.38. The van der Waals surface area contributed by atoms with Gasteiger partial charge in [0.15, 0.2) is 0 Å². The first-order valence-electron chi connectivity index (χ1n) is 5.68. The Hall–Kier alpha value is -1.51. The van der Waals surface area contributed by atoms with Crippen molar-refractivity contribution in [3.63, 3.8) is 0 Å². The van der Waals surface area contributed by atoms with Crippen LogP contribution in [0.5, 0.6) is 5.75 Å². The quantitative estimate of drug-likeness (QED) is 0.810. The highest BCUT2D eigenvalue weighted by atomic mass is 16.5. The molecule has 0 heterocycles. The number of hydrogen-bond acceptors (Lipinski definition) is 2. The van der Waals surface area contributed by atoms with E-state index in [1.165, 1.54) is 11.1 Å². The van der Waals surface area contributed by atoms with Gasteiger partial charge in [-0.1, -0.05) is 6.07 Å². The summed E-state index contributed by atoms with van der Waals surface area (Å²) in [5.74, 6) is 2.29. The lowest BCUT2D eigenvalue weighted by atomic mass is 9.68. The van der Waals surface area contributed by atoms with Crippen molar-refractivity contribution in [3.8, 4) is 5.75 Å². The molecule has 0 radical (unpaired) electrons. The zero-order chi connectivity index (χ0) is 11.1. The molecule has 2 N–H and O–H groups in total. The first kappa shape index (κ1) is 8.62. The van der Waals surface area contributed by atoms with Crippen molar-refractivity contribution in [2.24, 2.45) is 17.1 Å². The van der Waals surface area contributed by atoms with E-state index in [0.717, 1.165) is 12.2 Å². The Labute approximate surface area is 93.6 Å². The number of rotatable bonds is 2. The number of ether oxygens (including phenoxy) is 1. The number of carbonyl (C=O) groups is 1. The summed E-state index contributed by atoms with van der Waals surface area (Å²) in [6.45, 7) is 0. The predicted molar refractivity (Wildman–Crippen MR) is 58.2 cm³/mol. The molecule has 3 heteroatoms. The summed E-state index contributed by atoms with van der Waals surface area (Å²) in [6.07, 6.45) is 0.956. The van der Waals surface area contributed by atoms with Gasteiger partial charge in [0, 0.05) is 5.92 Å². The van der Waals surface area contributed by atoms with Crippen LogP contribution in [0.15, 0.2) is 18.2 Å². The fraction of sp³-hybridized carbons (Fsp3) is 0.462. The highest BCUT2D eigenvalue weighted by molar-refractivity contribution is 5.91. The topological polar surface area (TPSA) is 52.3 Å².